The number of aryl methyl sites for hydroxylation is 2. The van der Waals surface area contributed by atoms with Crippen molar-refractivity contribution in [3.63, 3.8) is 0 Å². The average molecular weight is 259 g/mol. The van der Waals surface area contributed by atoms with Crippen LogP contribution >= 0.6 is 0 Å². The first-order chi connectivity index (χ1) is 8.90. The summed E-state index contributed by atoms with van der Waals surface area (Å²) in [4.78, 5) is 28.4. The number of hydrogen-bond donors (Lipinski definition) is 0. The molecule has 0 aliphatic rings. The molecule has 0 spiro atoms. The molecule has 0 aliphatic carbocycles. The Labute approximate surface area is 111 Å². The van der Waals surface area contributed by atoms with Gasteiger partial charge in [0.15, 0.2) is 0 Å². The molecule has 5 heteroatoms. The highest BCUT2D eigenvalue weighted by Crippen LogP contribution is 2.17. The van der Waals surface area contributed by atoms with Gasteiger partial charge in [-0.2, -0.15) is 0 Å². The molecular formula is C14H17N3O2. The fourth-order valence-electron chi connectivity index (χ4n) is 2.08. The molecule has 1 heterocycles. The number of Topliss-reactive ketones (excluding diaryl/α,β-unsaturated/α-hetero) is 1. The minimum atomic E-state index is -0.475. The molecule has 19 heavy (non-hydrogen) atoms. The summed E-state index contributed by atoms with van der Waals surface area (Å²) in [5.41, 5.74) is 2.92. The van der Waals surface area contributed by atoms with Crippen molar-refractivity contribution >= 4 is 22.7 Å². The lowest BCUT2D eigenvalue weighted by molar-refractivity contribution is -0.143. The van der Waals surface area contributed by atoms with Crippen molar-refractivity contribution in [2.24, 2.45) is 7.05 Å². The molecule has 0 bridgehead atoms. The van der Waals surface area contributed by atoms with Crippen LogP contribution in [0.3, 0.4) is 0 Å². The third-order valence-corrected chi connectivity index (χ3v) is 3.24. The molecule has 5 nitrogen and oxygen atoms in total. The van der Waals surface area contributed by atoms with Crippen molar-refractivity contribution in [3.8, 4) is 0 Å². The second-order valence-electron chi connectivity index (χ2n) is 4.76. The number of amides is 1. The van der Waals surface area contributed by atoms with Gasteiger partial charge in [-0.05, 0) is 24.6 Å². The van der Waals surface area contributed by atoms with Gasteiger partial charge in [-0.1, -0.05) is 6.07 Å². The van der Waals surface area contributed by atoms with Crippen LogP contribution in [0.4, 0.5) is 0 Å². The minimum absolute atomic E-state index is 0.407. The summed E-state index contributed by atoms with van der Waals surface area (Å²) in [7, 11) is 3.59. The molecule has 1 aromatic heterocycles. The zero-order chi connectivity index (χ0) is 14.2. The second-order valence-corrected chi connectivity index (χ2v) is 4.76. The zero-order valence-electron chi connectivity index (χ0n) is 11.6. The Morgan fingerprint density at radius 1 is 1.37 bits per heavy atom. The zero-order valence-corrected chi connectivity index (χ0v) is 11.6. The van der Waals surface area contributed by atoms with E-state index < -0.39 is 11.7 Å². The van der Waals surface area contributed by atoms with Crippen LogP contribution in [0.25, 0.3) is 11.0 Å². The molecule has 2 rings (SSSR count). The SMILES string of the molecule is CC(=O)C(=O)N(C)Cc1ccc2c(c1)nc(C)n2C. The number of carbonyl (C=O) groups is 2. The Hall–Kier alpha value is -2.17. The van der Waals surface area contributed by atoms with Gasteiger partial charge in [-0.3, -0.25) is 9.59 Å². The first kappa shape index (κ1) is 13.3. The highest BCUT2D eigenvalue weighted by molar-refractivity contribution is 6.34. The van der Waals surface area contributed by atoms with Crippen LogP contribution in [0.5, 0.6) is 0 Å². The third-order valence-electron chi connectivity index (χ3n) is 3.24. The number of carbonyl (C=O) groups excluding carboxylic acids is 2. The van der Waals surface area contributed by atoms with Crippen molar-refractivity contribution < 1.29 is 9.59 Å². The Kier molecular flexibility index (Phi) is 3.38. The number of fused-ring (bicyclic) bond motifs is 1. The van der Waals surface area contributed by atoms with Crippen LogP contribution in [0.15, 0.2) is 18.2 Å². The number of nitrogens with zero attached hydrogens (tertiary/aromatic N) is 3. The lowest BCUT2D eigenvalue weighted by Gasteiger charge is -2.15. The molecular weight excluding hydrogens is 242 g/mol. The summed E-state index contributed by atoms with van der Waals surface area (Å²) in [6, 6.07) is 5.89. The van der Waals surface area contributed by atoms with E-state index >= 15 is 0 Å². The molecule has 0 radical (unpaired) electrons. The smallest absolute Gasteiger partial charge is 0.289 e. The maximum absolute atomic E-state index is 11.5. The van der Waals surface area contributed by atoms with Crippen LogP contribution in [-0.2, 0) is 23.2 Å². The van der Waals surface area contributed by atoms with Gasteiger partial charge in [0.05, 0.1) is 11.0 Å². The number of likely N-dealkylation sites (N-methyl/N-ethyl adjacent to an activating group) is 1. The monoisotopic (exact) mass is 259 g/mol. The Morgan fingerprint density at radius 3 is 2.68 bits per heavy atom. The van der Waals surface area contributed by atoms with Crippen LogP contribution in [0.2, 0.25) is 0 Å². The topological polar surface area (TPSA) is 55.2 Å². The van der Waals surface area contributed by atoms with E-state index in [1.54, 1.807) is 7.05 Å². The van der Waals surface area contributed by atoms with E-state index in [0.29, 0.717) is 6.54 Å². The van der Waals surface area contributed by atoms with Gasteiger partial charge in [0.1, 0.15) is 5.82 Å². The third kappa shape index (κ3) is 2.50. The first-order valence-corrected chi connectivity index (χ1v) is 6.08. The lowest BCUT2D eigenvalue weighted by Crippen LogP contribution is -2.31. The van der Waals surface area contributed by atoms with E-state index in [4.69, 9.17) is 0 Å². The van der Waals surface area contributed by atoms with Crippen molar-refractivity contribution in [2.45, 2.75) is 20.4 Å². The predicted octanol–water partition coefficient (Wildman–Crippen LogP) is 1.43. The number of aromatic nitrogens is 2. The number of ketones is 1. The van der Waals surface area contributed by atoms with Crippen LogP contribution in [0, 0.1) is 6.92 Å². The number of rotatable bonds is 3. The van der Waals surface area contributed by atoms with Crippen molar-refractivity contribution in [3.05, 3.63) is 29.6 Å². The van der Waals surface area contributed by atoms with E-state index in [1.165, 1.54) is 11.8 Å². The minimum Gasteiger partial charge on any atom is -0.335 e. The number of hydrogen-bond acceptors (Lipinski definition) is 3. The highest BCUT2D eigenvalue weighted by atomic mass is 16.2. The molecule has 0 atom stereocenters. The van der Waals surface area contributed by atoms with Gasteiger partial charge < -0.3 is 9.47 Å². The van der Waals surface area contributed by atoms with Gasteiger partial charge >= 0.3 is 0 Å². The normalized spacial score (nSPS) is 10.7. The first-order valence-electron chi connectivity index (χ1n) is 6.08. The highest BCUT2D eigenvalue weighted by Gasteiger charge is 2.14. The van der Waals surface area contributed by atoms with E-state index in [-0.39, 0.29) is 0 Å². The van der Waals surface area contributed by atoms with Gasteiger partial charge in [0.25, 0.3) is 5.91 Å². The Morgan fingerprint density at radius 2 is 2.05 bits per heavy atom. The van der Waals surface area contributed by atoms with Crippen LogP contribution in [-0.4, -0.2) is 33.2 Å². The standard InChI is InChI=1S/C14H17N3O2/c1-9(18)14(19)16(3)8-11-5-6-13-12(7-11)15-10(2)17(13)4/h5-7H,8H2,1-4H3. The Bertz CT molecular complexity index is 658. The van der Waals surface area contributed by atoms with Crippen LogP contribution in [0.1, 0.15) is 18.3 Å². The molecule has 0 fully saturated rings. The lowest BCUT2D eigenvalue weighted by atomic mass is 10.2. The maximum atomic E-state index is 11.5. The fourth-order valence-corrected chi connectivity index (χ4v) is 2.08. The summed E-state index contributed by atoms with van der Waals surface area (Å²) >= 11 is 0. The Balaban J connectivity index is 2.27. The molecule has 0 N–H and O–H groups in total. The quantitative estimate of drug-likeness (QED) is 0.783. The largest absolute Gasteiger partial charge is 0.335 e. The van der Waals surface area contributed by atoms with E-state index in [9.17, 15) is 9.59 Å². The summed E-state index contributed by atoms with van der Waals surface area (Å²) in [6.07, 6.45) is 0. The summed E-state index contributed by atoms with van der Waals surface area (Å²) in [6.45, 7) is 3.64. The van der Waals surface area contributed by atoms with Crippen molar-refractivity contribution in [1.29, 1.82) is 0 Å². The maximum Gasteiger partial charge on any atom is 0.289 e. The number of imidazole rings is 1. The second kappa shape index (κ2) is 4.84. The van der Waals surface area contributed by atoms with E-state index in [2.05, 4.69) is 4.98 Å². The number of benzene rings is 1. The van der Waals surface area contributed by atoms with Crippen molar-refractivity contribution in [2.75, 3.05) is 7.05 Å². The molecule has 1 aromatic carbocycles. The van der Waals surface area contributed by atoms with Gasteiger partial charge in [0, 0.05) is 27.6 Å². The molecule has 0 unspecified atom stereocenters. The summed E-state index contributed by atoms with van der Waals surface area (Å²) in [5, 5.41) is 0. The summed E-state index contributed by atoms with van der Waals surface area (Å²) in [5.74, 6) is 0.0230. The van der Waals surface area contributed by atoms with Gasteiger partial charge in [-0.15, -0.1) is 0 Å². The molecule has 0 aliphatic heterocycles. The molecule has 1 amide bonds. The predicted molar refractivity (Wildman–Crippen MR) is 72.6 cm³/mol. The average Bonchev–Trinajstić information content (AvgIpc) is 2.63. The molecule has 100 valence electrons. The van der Waals surface area contributed by atoms with E-state index in [0.717, 1.165) is 22.4 Å². The van der Waals surface area contributed by atoms with E-state index in [1.807, 2.05) is 36.7 Å². The van der Waals surface area contributed by atoms with Gasteiger partial charge in [0.2, 0.25) is 5.78 Å². The van der Waals surface area contributed by atoms with Crippen LogP contribution < -0.4 is 0 Å². The molecule has 2 aromatic rings. The van der Waals surface area contributed by atoms with Crippen molar-refractivity contribution in [1.82, 2.24) is 14.5 Å². The molecule has 0 saturated heterocycles. The summed E-state index contributed by atoms with van der Waals surface area (Å²) < 4.78 is 2.02. The molecule has 0 saturated carbocycles. The van der Waals surface area contributed by atoms with Gasteiger partial charge in [-0.25, -0.2) is 4.98 Å². The fraction of sp³-hybridized carbons (Fsp3) is 0.357.